The smallest absolute Gasteiger partial charge is 0.270 e. The Morgan fingerprint density at radius 1 is 1.10 bits per heavy atom. The van der Waals surface area contributed by atoms with Gasteiger partial charge in [0.05, 0.1) is 24.0 Å². The number of non-ortho nitro benzene ring substituents is 1. The number of nitrogens with one attached hydrogen (secondary N) is 1. The molecule has 204 valence electrons. The minimum absolute atomic E-state index is 0.0273. The summed E-state index contributed by atoms with van der Waals surface area (Å²) in [6.45, 7) is -0.289. The van der Waals surface area contributed by atoms with Crippen molar-refractivity contribution in [3.63, 3.8) is 0 Å². The Hall–Kier alpha value is -5.24. The van der Waals surface area contributed by atoms with Crippen LogP contribution < -0.4 is 20.6 Å². The molecule has 13 nitrogen and oxygen atoms in total. The van der Waals surface area contributed by atoms with E-state index in [1.54, 1.807) is 34.9 Å². The highest BCUT2D eigenvalue weighted by Crippen LogP contribution is 2.30. The van der Waals surface area contributed by atoms with E-state index in [9.17, 15) is 19.7 Å². The maximum atomic E-state index is 12.5. The van der Waals surface area contributed by atoms with Crippen LogP contribution in [0.4, 0.5) is 5.69 Å². The molecule has 3 N–H and O–H groups in total. The number of nitro groups is 1. The Morgan fingerprint density at radius 3 is 2.62 bits per heavy atom. The van der Waals surface area contributed by atoms with E-state index in [-0.39, 0.29) is 18.0 Å². The van der Waals surface area contributed by atoms with Crippen LogP contribution in [0.1, 0.15) is 5.56 Å². The summed E-state index contributed by atoms with van der Waals surface area (Å²) in [5, 5.41) is 24.1. The van der Waals surface area contributed by atoms with Gasteiger partial charge < -0.3 is 15.2 Å². The maximum absolute atomic E-state index is 12.5. The molecule has 0 aliphatic carbocycles. The molecule has 0 unspecified atom stereocenters. The zero-order valence-electron chi connectivity index (χ0n) is 21.1. The molecule has 4 rings (SSSR count). The number of methoxy groups -OCH3 is 1. The molecule has 0 atom stereocenters. The third-order valence-corrected chi connectivity index (χ3v) is 6.18. The van der Waals surface area contributed by atoms with E-state index in [0.717, 1.165) is 17.4 Å². The fourth-order valence-electron chi connectivity index (χ4n) is 3.49. The molecule has 0 fully saturated rings. The van der Waals surface area contributed by atoms with E-state index >= 15 is 0 Å². The molecule has 0 radical (unpaired) electrons. The molecule has 40 heavy (non-hydrogen) atoms. The molecular formula is C26H23N7O6S. The topological polar surface area (TPSA) is 177 Å². The van der Waals surface area contributed by atoms with Gasteiger partial charge in [-0.05, 0) is 35.9 Å². The number of hydrazone groups is 1. The Kier molecular flexibility index (Phi) is 9.04. The number of amides is 2. The molecule has 0 saturated heterocycles. The highest BCUT2D eigenvalue weighted by atomic mass is 32.2. The Balaban J connectivity index is 1.45. The number of nitrogens with zero attached hydrogens (tertiary/aromatic N) is 5. The van der Waals surface area contributed by atoms with Crippen LogP contribution in [0.15, 0.2) is 83.1 Å². The molecule has 4 aromatic rings. The number of thioether (sulfide) groups is 1. The molecular weight excluding hydrogens is 538 g/mol. The lowest BCUT2D eigenvalue weighted by Gasteiger charge is -2.10. The van der Waals surface area contributed by atoms with Crippen molar-refractivity contribution in [1.29, 1.82) is 0 Å². The van der Waals surface area contributed by atoms with Gasteiger partial charge >= 0.3 is 0 Å². The third-order valence-electron chi connectivity index (χ3n) is 5.26. The van der Waals surface area contributed by atoms with Crippen molar-refractivity contribution in [2.75, 3.05) is 19.5 Å². The summed E-state index contributed by atoms with van der Waals surface area (Å²) in [4.78, 5) is 34.2. The number of nitrogens with two attached hydrogens (primary N) is 1. The molecule has 0 saturated carbocycles. The number of rotatable bonds is 12. The maximum Gasteiger partial charge on any atom is 0.270 e. The molecule has 0 bridgehead atoms. The fraction of sp³-hybridized carbons (Fsp3) is 0.115. The molecule has 2 amide bonds. The van der Waals surface area contributed by atoms with Gasteiger partial charge in [-0.15, -0.1) is 10.2 Å². The Bertz CT molecular complexity index is 1560. The van der Waals surface area contributed by atoms with Crippen LogP contribution in [-0.4, -0.2) is 57.2 Å². The van der Waals surface area contributed by atoms with Crippen molar-refractivity contribution in [1.82, 2.24) is 20.2 Å². The lowest BCUT2D eigenvalue weighted by atomic mass is 10.2. The quantitative estimate of drug-likeness (QED) is 0.114. The third kappa shape index (κ3) is 6.99. The zero-order valence-corrected chi connectivity index (χ0v) is 21.9. The summed E-state index contributed by atoms with van der Waals surface area (Å²) in [5.41, 5.74) is 9.33. The summed E-state index contributed by atoms with van der Waals surface area (Å²) in [5.74, 6) is 0.0657. The monoisotopic (exact) mass is 561 g/mol. The minimum atomic E-state index is -0.615. The predicted octanol–water partition coefficient (Wildman–Crippen LogP) is 2.96. The van der Waals surface area contributed by atoms with Gasteiger partial charge in [0.15, 0.2) is 29.1 Å². The lowest BCUT2D eigenvalue weighted by Crippen LogP contribution is -2.20. The van der Waals surface area contributed by atoms with Crippen LogP contribution in [-0.2, 0) is 9.59 Å². The van der Waals surface area contributed by atoms with Crippen molar-refractivity contribution >= 4 is 35.5 Å². The Morgan fingerprint density at radius 2 is 1.90 bits per heavy atom. The lowest BCUT2D eigenvalue weighted by molar-refractivity contribution is -0.384. The number of hydrogen-bond acceptors (Lipinski definition) is 10. The zero-order chi connectivity index (χ0) is 28.5. The second kappa shape index (κ2) is 13.0. The van der Waals surface area contributed by atoms with Crippen LogP contribution in [0.3, 0.4) is 0 Å². The van der Waals surface area contributed by atoms with Crippen molar-refractivity contribution in [2.45, 2.75) is 5.16 Å². The summed E-state index contributed by atoms with van der Waals surface area (Å²) < 4.78 is 12.3. The van der Waals surface area contributed by atoms with Crippen LogP contribution >= 0.6 is 11.8 Å². The Labute approximate surface area is 232 Å². The predicted molar refractivity (Wildman–Crippen MR) is 148 cm³/mol. The van der Waals surface area contributed by atoms with Crippen molar-refractivity contribution < 1.29 is 24.0 Å². The summed E-state index contributed by atoms with van der Waals surface area (Å²) >= 11 is 1.13. The first kappa shape index (κ1) is 27.8. The number of primary amides is 1. The van der Waals surface area contributed by atoms with Gasteiger partial charge in [-0.25, -0.2) is 5.43 Å². The highest BCUT2D eigenvalue weighted by molar-refractivity contribution is 7.99. The van der Waals surface area contributed by atoms with Crippen LogP contribution in [0.25, 0.3) is 17.1 Å². The van der Waals surface area contributed by atoms with Crippen LogP contribution in [0.2, 0.25) is 0 Å². The SMILES string of the molecule is COc1cc(C=NNC(=O)CSc2nnc(-c3cccc([N+](=O)[O-])c3)n2-c2ccccc2)ccc1OCC(N)=O. The first-order valence-corrected chi connectivity index (χ1v) is 12.6. The van der Waals surface area contributed by atoms with Crippen LogP contribution in [0, 0.1) is 10.1 Å². The summed E-state index contributed by atoms with van der Waals surface area (Å²) in [6, 6.07) is 20.2. The number of nitro benzene ring substituents is 1. The fourth-order valence-corrected chi connectivity index (χ4v) is 4.24. The number of ether oxygens (including phenoxy) is 2. The second-order valence-corrected chi connectivity index (χ2v) is 8.97. The molecule has 14 heteroatoms. The average Bonchev–Trinajstić information content (AvgIpc) is 3.39. The average molecular weight is 562 g/mol. The number of para-hydroxylation sites is 1. The van der Waals surface area contributed by atoms with Gasteiger partial charge in [-0.3, -0.25) is 24.3 Å². The van der Waals surface area contributed by atoms with Crippen molar-refractivity contribution in [2.24, 2.45) is 10.8 Å². The van der Waals surface area contributed by atoms with Gasteiger partial charge in [-0.1, -0.05) is 42.1 Å². The van der Waals surface area contributed by atoms with Gasteiger partial charge in [0.1, 0.15) is 0 Å². The van der Waals surface area contributed by atoms with E-state index in [1.165, 1.54) is 25.5 Å². The van der Waals surface area contributed by atoms with Gasteiger partial charge in [0, 0.05) is 23.4 Å². The number of hydrogen-bond donors (Lipinski definition) is 2. The van der Waals surface area contributed by atoms with E-state index in [2.05, 4.69) is 20.7 Å². The number of aromatic nitrogens is 3. The molecule has 1 aromatic heterocycles. The molecule has 0 aliphatic heterocycles. The first-order valence-electron chi connectivity index (χ1n) is 11.6. The normalized spacial score (nSPS) is 10.8. The van der Waals surface area contributed by atoms with Crippen molar-refractivity contribution in [3.05, 3.63) is 88.5 Å². The van der Waals surface area contributed by atoms with Crippen molar-refractivity contribution in [3.8, 4) is 28.6 Å². The minimum Gasteiger partial charge on any atom is -0.493 e. The van der Waals surface area contributed by atoms with E-state index in [0.29, 0.717) is 33.6 Å². The summed E-state index contributed by atoms with van der Waals surface area (Å²) in [7, 11) is 1.45. The van der Waals surface area contributed by atoms with Crippen LogP contribution in [0.5, 0.6) is 11.5 Å². The standard InChI is InChI=1S/C26H23N7O6S/c1-38-22-12-17(10-11-21(22)39-15-23(27)34)14-28-29-24(35)16-40-26-31-30-25(32(26)19-7-3-2-4-8-19)18-6-5-9-20(13-18)33(36)37/h2-14H,15-16H2,1H3,(H2,27,34)(H,29,35). The first-order chi connectivity index (χ1) is 19.4. The number of benzene rings is 3. The molecule has 3 aromatic carbocycles. The van der Waals surface area contributed by atoms with Gasteiger partial charge in [0.2, 0.25) is 0 Å². The largest absolute Gasteiger partial charge is 0.493 e. The summed E-state index contributed by atoms with van der Waals surface area (Å²) in [6.07, 6.45) is 1.43. The van der Waals surface area contributed by atoms with E-state index in [1.807, 2.05) is 30.3 Å². The van der Waals surface area contributed by atoms with E-state index in [4.69, 9.17) is 15.2 Å². The van der Waals surface area contributed by atoms with Gasteiger partial charge in [0.25, 0.3) is 17.5 Å². The highest BCUT2D eigenvalue weighted by Gasteiger charge is 2.19. The second-order valence-electron chi connectivity index (χ2n) is 8.03. The molecule has 0 spiro atoms. The molecule has 0 aliphatic rings. The van der Waals surface area contributed by atoms with Gasteiger partial charge in [-0.2, -0.15) is 5.10 Å². The van der Waals surface area contributed by atoms with E-state index < -0.39 is 16.7 Å². The number of carbonyl (C=O) groups is 2. The number of carbonyl (C=O) groups excluding carboxylic acids is 2. The molecule has 1 heterocycles.